The molecule has 25 heteroatoms. The number of aliphatic hydroxyl groups is 14. The lowest BCUT2D eigenvalue weighted by atomic mass is 9.33. The average Bonchev–Trinajstić information content (AvgIpc) is 3.56. The van der Waals surface area contributed by atoms with E-state index in [9.17, 15) is 86.2 Å². The zero-order valence-electron chi connectivity index (χ0n) is 45.6. The van der Waals surface area contributed by atoms with Gasteiger partial charge in [-0.15, -0.1) is 0 Å². The van der Waals surface area contributed by atoms with Gasteiger partial charge in [0.1, 0.15) is 91.6 Å². The van der Waals surface area contributed by atoms with Crippen LogP contribution in [0.25, 0.3) is 0 Å². The number of allylic oxidation sites excluding steroid dienone is 2. The summed E-state index contributed by atoms with van der Waals surface area (Å²) >= 11 is 0. The molecular formula is C54H86O25. The summed E-state index contributed by atoms with van der Waals surface area (Å²) in [4.78, 5) is 26.9. The van der Waals surface area contributed by atoms with Gasteiger partial charge in [-0.3, -0.25) is 4.79 Å². The van der Waals surface area contributed by atoms with Gasteiger partial charge in [0.25, 0.3) is 0 Å². The Morgan fingerprint density at radius 1 is 0.582 bits per heavy atom. The van der Waals surface area contributed by atoms with Gasteiger partial charge in [-0.05, 0) is 111 Å². The molecule has 4 aliphatic heterocycles. The fourth-order valence-corrected chi connectivity index (χ4v) is 16.4. The highest BCUT2D eigenvalue weighted by Gasteiger charge is 2.70. The number of fused-ring (bicyclic) bond motifs is 7. The maximum absolute atomic E-state index is 14.5. The molecule has 0 amide bonds. The number of aliphatic carboxylic acids is 1. The number of ether oxygens (including phenoxy) is 8. The van der Waals surface area contributed by atoms with E-state index in [-0.39, 0.29) is 40.6 Å². The number of carbonyl (C=O) groups excluding carboxylic acids is 1. The maximum Gasteiger partial charge on any atom is 0.335 e. The SMILES string of the molecule is C[C@@]1(C(=O)O[C@H]2O[C@@H](CO[C@H]3O[C@@H](CO)[C@H](O)[C@@H](O)[C@@H]3O)[C@H](O)[C@@H](O)[C@@H]2O)CC[C@@]2(C)CC[C@@]3(C)C(=CC[C@H]4[C@]5(C)CC[C@@H](O[C@H]6O[C@@H](C(=O)O)[C@H](O)[C@@H](O)[C@@H]6O[C@H]6O[C@@H](CO)[C@H](O)[C@@H](O)[C@@H]6O)[C@](C)(CO)[C@H]5CC[C@]43C)[C@@H]2C1. The molecule has 15 N–H and O–H groups in total. The number of esters is 1. The van der Waals surface area contributed by atoms with Crippen LogP contribution in [-0.4, -0.2) is 244 Å². The van der Waals surface area contributed by atoms with Gasteiger partial charge < -0.3 is 114 Å². The van der Waals surface area contributed by atoms with Crippen LogP contribution >= 0.6 is 0 Å². The molecule has 0 aromatic rings. The van der Waals surface area contributed by atoms with Crippen molar-refractivity contribution in [3.8, 4) is 0 Å². The Morgan fingerprint density at radius 3 is 1.76 bits per heavy atom. The van der Waals surface area contributed by atoms with E-state index < -0.39 is 177 Å². The Labute approximate surface area is 457 Å². The monoisotopic (exact) mass is 1130 g/mol. The number of hydrogen-bond acceptors (Lipinski definition) is 24. The van der Waals surface area contributed by atoms with E-state index >= 15 is 0 Å². The van der Waals surface area contributed by atoms with E-state index in [4.69, 9.17) is 37.9 Å². The third-order valence-corrected chi connectivity index (χ3v) is 21.8. The van der Waals surface area contributed by atoms with Crippen LogP contribution in [0.1, 0.15) is 106 Å². The molecule has 79 heavy (non-hydrogen) atoms. The van der Waals surface area contributed by atoms with Gasteiger partial charge in [0.05, 0.1) is 37.9 Å². The van der Waals surface area contributed by atoms with Gasteiger partial charge in [-0.25, -0.2) is 4.79 Å². The summed E-state index contributed by atoms with van der Waals surface area (Å²) in [6.07, 6.45) is -26.9. The lowest BCUT2D eigenvalue weighted by Crippen LogP contribution is -2.68. The zero-order chi connectivity index (χ0) is 57.9. The number of hydrogen-bond donors (Lipinski definition) is 15. The third-order valence-electron chi connectivity index (χ3n) is 21.8. The van der Waals surface area contributed by atoms with E-state index in [1.54, 1.807) is 0 Å². The molecule has 452 valence electrons. The van der Waals surface area contributed by atoms with E-state index in [0.29, 0.717) is 44.9 Å². The predicted molar refractivity (Wildman–Crippen MR) is 265 cm³/mol. The summed E-state index contributed by atoms with van der Waals surface area (Å²) in [6.45, 7) is 10.5. The minimum absolute atomic E-state index is 0.0610. The fourth-order valence-electron chi connectivity index (χ4n) is 16.4. The molecule has 4 saturated carbocycles. The second-order valence-electron chi connectivity index (χ2n) is 26.1. The Morgan fingerprint density at radius 2 is 1.15 bits per heavy atom. The summed E-state index contributed by atoms with van der Waals surface area (Å²) in [5, 5.41) is 159. The molecule has 0 unspecified atom stereocenters. The Kier molecular flexibility index (Phi) is 17.4. The first kappa shape index (κ1) is 61.4. The molecule has 0 aromatic heterocycles. The molecule has 0 aromatic carbocycles. The minimum Gasteiger partial charge on any atom is -0.479 e. The van der Waals surface area contributed by atoms with Gasteiger partial charge in [0.2, 0.25) is 6.29 Å². The van der Waals surface area contributed by atoms with E-state index in [0.717, 1.165) is 19.3 Å². The van der Waals surface area contributed by atoms with Crippen LogP contribution in [0.15, 0.2) is 11.6 Å². The van der Waals surface area contributed by atoms with Gasteiger partial charge in [0, 0.05) is 5.41 Å². The van der Waals surface area contributed by atoms with E-state index in [1.165, 1.54) is 5.57 Å². The molecular weight excluding hydrogens is 1050 g/mol. The van der Waals surface area contributed by atoms with Gasteiger partial charge in [0.15, 0.2) is 25.0 Å². The first-order valence-electron chi connectivity index (χ1n) is 28.0. The molecule has 9 aliphatic rings. The number of aliphatic hydroxyl groups excluding tert-OH is 14. The van der Waals surface area contributed by atoms with Crippen LogP contribution < -0.4 is 0 Å². The highest BCUT2D eigenvalue weighted by Crippen LogP contribution is 2.76. The lowest BCUT2D eigenvalue weighted by Gasteiger charge is -2.71. The second kappa shape index (κ2) is 22.4. The second-order valence-corrected chi connectivity index (χ2v) is 26.1. The minimum atomic E-state index is -2.04. The maximum atomic E-state index is 14.5. The zero-order valence-corrected chi connectivity index (χ0v) is 45.6. The largest absolute Gasteiger partial charge is 0.479 e. The predicted octanol–water partition coefficient (Wildman–Crippen LogP) is -2.97. The summed E-state index contributed by atoms with van der Waals surface area (Å²) in [6, 6.07) is 0. The molecule has 8 fully saturated rings. The first-order valence-corrected chi connectivity index (χ1v) is 28.0. The fraction of sp³-hybridized carbons (Fsp3) is 0.926. The van der Waals surface area contributed by atoms with Crippen LogP contribution in [0.4, 0.5) is 0 Å². The standard InChI is InChI=1S/C54H86O25/c1-49-13-14-50(2,48(71)79-46-40(68)35(63)32(60)26(75-46)20-72-44-38(66)33(61)30(58)24(18-55)73-44)17-23(49)22-7-8-28-51(3)11-10-29(52(4,21-57)27(51)9-12-54(28,6)53(22,5)16-15-49)76-47-42(37(65)36(64)41(77-47)43(69)70)78-45-39(67)34(62)31(59)25(19-56)74-45/h7,23-42,44-47,55-68H,8-21H2,1-6H3,(H,69,70)/t23-,24-,25-,26-,27-,28-,29+,30-,31-,32-,33+,34+,35+,36+,37+,38-,39-,40-,41+,42-,44-,45+,46+,47-,49-,50+,51+,52+,53-,54+/m0/s1. The molecule has 4 saturated heterocycles. The first-order chi connectivity index (χ1) is 37.0. The van der Waals surface area contributed by atoms with Crippen molar-refractivity contribution in [3.05, 3.63) is 11.6 Å². The smallest absolute Gasteiger partial charge is 0.335 e. The Hall–Kier alpha value is -2.16. The van der Waals surface area contributed by atoms with Crippen molar-refractivity contribution in [1.82, 2.24) is 0 Å². The molecule has 0 radical (unpaired) electrons. The highest BCUT2D eigenvalue weighted by molar-refractivity contribution is 5.77. The van der Waals surface area contributed by atoms with E-state index in [2.05, 4.69) is 33.8 Å². The van der Waals surface area contributed by atoms with Gasteiger partial charge in [-0.2, -0.15) is 0 Å². The van der Waals surface area contributed by atoms with Crippen molar-refractivity contribution in [2.24, 2.45) is 50.2 Å². The molecule has 25 nitrogen and oxygen atoms in total. The molecule has 9 rings (SSSR count). The van der Waals surface area contributed by atoms with Gasteiger partial charge in [-0.1, -0.05) is 46.3 Å². The summed E-state index contributed by atoms with van der Waals surface area (Å²) in [7, 11) is 0. The lowest BCUT2D eigenvalue weighted by molar-refractivity contribution is -0.375. The number of carboxylic acid groups (broad SMARTS) is 1. The Bertz CT molecular complexity index is 2220. The van der Waals surface area contributed by atoms with Crippen molar-refractivity contribution in [1.29, 1.82) is 0 Å². The topological polar surface area (TPSA) is 411 Å². The average molecular weight is 1140 g/mol. The number of rotatable bonds is 13. The van der Waals surface area contributed by atoms with Crippen molar-refractivity contribution < 1.29 is 124 Å². The number of carbonyl (C=O) groups is 2. The summed E-state index contributed by atoms with van der Waals surface area (Å²) in [5.41, 5.74) is -2.00. The van der Waals surface area contributed by atoms with Crippen molar-refractivity contribution >= 4 is 11.9 Å². The highest BCUT2D eigenvalue weighted by atomic mass is 16.8. The van der Waals surface area contributed by atoms with Crippen molar-refractivity contribution in [2.75, 3.05) is 26.4 Å². The van der Waals surface area contributed by atoms with Gasteiger partial charge >= 0.3 is 11.9 Å². The summed E-state index contributed by atoms with van der Waals surface area (Å²) < 4.78 is 46.7. The molecule has 0 bridgehead atoms. The van der Waals surface area contributed by atoms with Crippen LogP contribution in [0.3, 0.4) is 0 Å². The van der Waals surface area contributed by atoms with Crippen LogP contribution in [0, 0.1) is 50.2 Å². The van der Waals surface area contributed by atoms with Crippen molar-refractivity contribution in [3.63, 3.8) is 0 Å². The van der Waals surface area contributed by atoms with Crippen LogP contribution in [0.2, 0.25) is 0 Å². The third kappa shape index (κ3) is 10.1. The molecule has 0 spiro atoms. The molecule has 4 heterocycles. The van der Waals surface area contributed by atoms with Crippen LogP contribution in [0.5, 0.6) is 0 Å². The molecule has 30 atom stereocenters. The normalized spacial score (nSPS) is 54.8. The van der Waals surface area contributed by atoms with Crippen LogP contribution in [-0.2, 0) is 47.5 Å². The quantitative estimate of drug-likeness (QED) is 0.0497. The van der Waals surface area contributed by atoms with Crippen molar-refractivity contribution in [2.45, 2.75) is 235 Å². The molecule has 5 aliphatic carbocycles. The number of carboxylic acids is 1. The Balaban J connectivity index is 0.914. The summed E-state index contributed by atoms with van der Waals surface area (Å²) in [5.74, 6) is -2.42. The van der Waals surface area contributed by atoms with E-state index in [1.807, 2.05) is 13.8 Å².